The molecule has 0 bridgehead atoms. The van der Waals surface area contributed by atoms with Crippen molar-refractivity contribution >= 4 is 12.2 Å². The summed E-state index contributed by atoms with van der Waals surface area (Å²) in [5.74, 6) is 0. The number of hydrogen-bond acceptors (Lipinski definition) is 1. The van der Waals surface area contributed by atoms with E-state index in [1.54, 1.807) is 0 Å². The second-order valence-corrected chi connectivity index (χ2v) is 1.96. The van der Waals surface area contributed by atoms with E-state index in [2.05, 4.69) is 36.4 Å². The smallest absolute Gasteiger partial charge is 0.0184 e. The third-order valence-corrected chi connectivity index (χ3v) is 1.44. The molecule has 0 aromatic heterocycles. The van der Waals surface area contributed by atoms with Crippen LogP contribution in [0.1, 0.15) is 11.1 Å². The molecular weight excluding hydrogens is 110 g/mol. The molecule has 0 spiro atoms. The number of fused-ring (bicyclic) bond motifs is 1. The van der Waals surface area contributed by atoms with Crippen LogP contribution in [0.5, 0.6) is 0 Å². The van der Waals surface area contributed by atoms with Crippen LogP contribution in [-0.2, 0) is 0 Å². The van der Waals surface area contributed by atoms with Gasteiger partial charge in [0.2, 0.25) is 0 Å². The van der Waals surface area contributed by atoms with Crippen LogP contribution in [0.2, 0.25) is 0 Å². The predicted molar refractivity (Wildman–Crippen MR) is 40.4 cm³/mol. The minimum atomic E-state index is 0. The molecule has 0 amide bonds. The van der Waals surface area contributed by atoms with Crippen LogP contribution >= 0.6 is 0 Å². The van der Waals surface area contributed by atoms with Gasteiger partial charge in [0, 0.05) is 0 Å². The van der Waals surface area contributed by atoms with E-state index < -0.39 is 0 Å². The van der Waals surface area contributed by atoms with Gasteiger partial charge in [0.05, 0.1) is 0 Å². The second kappa shape index (κ2) is 2.03. The standard InChI is InChI=1S/C8H6.H3N/c1-2-4-8-6-5-7(8)3-1;/h1-6H;1H3. The Morgan fingerprint density at radius 2 is 1.22 bits per heavy atom. The molecule has 1 aromatic rings. The zero-order valence-electron chi connectivity index (χ0n) is 5.17. The lowest BCUT2D eigenvalue weighted by Gasteiger charge is -2.06. The van der Waals surface area contributed by atoms with Crippen LogP contribution in [0.4, 0.5) is 0 Å². The lowest BCUT2D eigenvalue weighted by Crippen LogP contribution is -1.85. The summed E-state index contributed by atoms with van der Waals surface area (Å²) in [5.41, 5.74) is 2.74. The Labute approximate surface area is 54.6 Å². The monoisotopic (exact) mass is 119 g/mol. The van der Waals surface area contributed by atoms with Gasteiger partial charge in [0.1, 0.15) is 0 Å². The molecule has 2 rings (SSSR count). The molecule has 0 aliphatic heterocycles. The molecule has 1 aromatic carbocycles. The minimum Gasteiger partial charge on any atom is -0.344 e. The van der Waals surface area contributed by atoms with Crippen molar-refractivity contribution in [2.24, 2.45) is 0 Å². The van der Waals surface area contributed by atoms with E-state index in [9.17, 15) is 0 Å². The zero-order valence-corrected chi connectivity index (χ0v) is 5.17. The van der Waals surface area contributed by atoms with Crippen LogP contribution in [0, 0.1) is 0 Å². The van der Waals surface area contributed by atoms with E-state index >= 15 is 0 Å². The summed E-state index contributed by atoms with van der Waals surface area (Å²) in [7, 11) is 0. The second-order valence-electron chi connectivity index (χ2n) is 1.96. The van der Waals surface area contributed by atoms with E-state index in [0.29, 0.717) is 0 Å². The van der Waals surface area contributed by atoms with Crippen LogP contribution in [0.15, 0.2) is 24.3 Å². The van der Waals surface area contributed by atoms with Gasteiger partial charge in [-0.1, -0.05) is 36.4 Å². The summed E-state index contributed by atoms with van der Waals surface area (Å²) < 4.78 is 0. The van der Waals surface area contributed by atoms with Crippen molar-refractivity contribution in [1.29, 1.82) is 0 Å². The van der Waals surface area contributed by atoms with E-state index in [4.69, 9.17) is 0 Å². The van der Waals surface area contributed by atoms with Crippen LogP contribution < -0.4 is 6.15 Å². The molecule has 46 valence electrons. The van der Waals surface area contributed by atoms with Crippen molar-refractivity contribution in [2.45, 2.75) is 0 Å². The first-order valence-electron chi connectivity index (χ1n) is 2.74. The quantitative estimate of drug-likeness (QED) is 0.567. The van der Waals surface area contributed by atoms with E-state index in [0.717, 1.165) is 0 Å². The first-order valence-corrected chi connectivity index (χ1v) is 2.74. The zero-order chi connectivity index (χ0) is 5.40. The SMILES string of the molecule is C1=Cc2ccccc21.N. The minimum absolute atomic E-state index is 0. The maximum Gasteiger partial charge on any atom is -0.0184 e. The highest BCUT2D eigenvalue weighted by Crippen LogP contribution is 2.21. The Morgan fingerprint density at radius 1 is 0.778 bits per heavy atom. The predicted octanol–water partition coefficient (Wildman–Crippen LogP) is 2.33. The van der Waals surface area contributed by atoms with Crippen molar-refractivity contribution in [2.75, 3.05) is 0 Å². The lowest BCUT2D eigenvalue weighted by atomic mass is 9.99. The maximum absolute atomic E-state index is 2.12. The van der Waals surface area contributed by atoms with Gasteiger partial charge in [0.15, 0.2) is 0 Å². The Bertz CT molecular complexity index is 213. The van der Waals surface area contributed by atoms with Crippen molar-refractivity contribution in [3.63, 3.8) is 0 Å². The first kappa shape index (κ1) is 6.05. The molecular formula is C8H9N. The fourth-order valence-electron chi connectivity index (χ4n) is 0.898. The van der Waals surface area contributed by atoms with Gasteiger partial charge in [-0.05, 0) is 11.1 Å². The number of rotatable bonds is 0. The van der Waals surface area contributed by atoms with Crippen LogP contribution in [-0.4, -0.2) is 0 Å². The fraction of sp³-hybridized carbons (Fsp3) is 0. The van der Waals surface area contributed by atoms with Crippen LogP contribution in [0.25, 0.3) is 12.2 Å². The average molecular weight is 119 g/mol. The highest BCUT2D eigenvalue weighted by Gasteiger charge is 1.99. The molecule has 0 heterocycles. The maximum atomic E-state index is 2.12. The van der Waals surface area contributed by atoms with E-state index in [-0.39, 0.29) is 6.15 Å². The molecule has 1 nitrogen and oxygen atoms in total. The molecule has 3 N–H and O–H groups in total. The summed E-state index contributed by atoms with van der Waals surface area (Å²) in [6, 6.07) is 8.36. The normalized spacial score (nSPS) is 11.1. The number of benzene rings is 1. The Morgan fingerprint density at radius 3 is 1.44 bits per heavy atom. The Kier molecular flexibility index (Phi) is 1.37. The van der Waals surface area contributed by atoms with Crippen molar-refractivity contribution in [3.05, 3.63) is 35.4 Å². The fourth-order valence-corrected chi connectivity index (χ4v) is 0.898. The van der Waals surface area contributed by atoms with Crippen molar-refractivity contribution in [1.82, 2.24) is 6.15 Å². The molecule has 0 fully saturated rings. The molecule has 0 saturated heterocycles. The lowest BCUT2D eigenvalue weighted by molar-refractivity contribution is 1.58. The molecule has 1 aliphatic carbocycles. The molecule has 0 atom stereocenters. The van der Waals surface area contributed by atoms with Gasteiger partial charge >= 0.3 is 0 Å². The Balaban J connectivity index is 0.000000405. The van der Waals surface area contributed by atoms with Gasteiger partial charge in [-0.3, -0.25) is 0 Å². The van der Waals surface area contributed by atoms with Crippen molar-refractivity contribution in [3.8, 4) is 0 Å². The average Bonchev–Trinajstić information content (AvgIpc) is 1.72. The summed E-state index contributed by atoms with van der Waals surface area (Å²) in [5, 5.41) is 0. The van der Waals surface area contributed by atoms with Gasteiger partial charge in [-0.25, -0.2) is 0 Å². The first-order chi connectivity index (χ1) is 3.97. The molecule has 9 heavy (non-hydrogen) atoms. The van der Waals surface area contributed by atoms with Crippen molar-refractivity contribution < 1.29 is 0 Å². The molecule has 0 saturated carbocycles. The summed E-state index contributed by atoms with van der Waals surface area (Å²) in [6.45, 7) is 0. The largest absolute Gasteiger partial charge is 0.344 e. The topological polar surface area (TPSA) is 35.0 Å². The third kappa shape index (κ3) is 0.752. The van der Waals surface area contributed by atoms with E-state index in [1.165, 1.54) is 11.1 Å². The molecule has 1 heteroatoms. The Hall–Kier alpha value is -1.08. The van der Waals surface area contributed by atoms with Gasteiger partial charge in [-0.15, -0.1) is 0 Å². The van der Waals surface area contributed by atoms with Crippen LogP contribution in [0.3, 0.4) is 0 Å². The van der Waals surface area contributed by atoms with E-state index in [1.807, 2.05) is 0 Å². The van der Waals surface area contributed by atoms with Gasteiger partial charge in [-0.2, -0.15) is 0 Å². The molecule has 1 aliphatic rings. The third-order valence-electron chi connectivity index (χ3n) is 1.44. The highest BCUT2D eigenvalue weighted by molar-refractivity contribution is 5.85. The summed E-state index contributed by atoms with van der Waals surface area (Å²) >= 11 is 0. The summed E-state index contributed by atoms with van der Waals surface area (Å²) in [6.07, 6.45) is 4.24. The molecule has 0 radical (unpaired) electrons. The molecule has 0 unspecified atom stereocenters. The van der Waals surface area contributed by atoms with Gasteiger partial charge in [0.25, 0.3) is 0 Å². The summed E-state index contributed by atoms with van der Waals surface area (Å²) in [4.78, 5) is 0. The number of hydrogen-bond donors (Lipinski definition) is 1. The van der Waals surface area contributed by atoms with Gasteiger partial charge < -0.3 is 6.15 Å². The highest BCUT2D eigenvalue weighted by atomic mass is 14.0.